The molecule has 3 N–H and O–H groups in total. The molecule has 0 spiro atoms. The molecule has 5 fully saturated rings. The van der Waals surface area contributed by atoms with E-state index in [1.165, 1.54) is 51.4 Å². The predicted octanol–water partition coefficient (Wildman–Crippen LogP) is 4.97. The van der Waals surface area contributed by atoms with Crippen LogP contribution in [0.15, 0.2) is 0 Å². The second-order valence-corrected chi connectivity index (χ2v) is 12.5. The maximum atomic E-state index is 13.6. The minimum absolute atomic E-state index is 0.0305. The Bertz CT molecular complexity index is 734. The van der Waals surface area contributed by atoms with Gasteiger partial charge in [0.2, 0.25) is 5.91 Å². The van der Waals surface area contributed by atoms with E-state index in [4.69, 9.17) is 5.73 Å². The number of carbonyl (C=O) groups excluding carboxylic acids is 3. The molecule has 36 heavy (non-hydrogen) atoms. The second kappa shape index (κ2) is 12.7. The van der Waals surface area contributed by atoms with Crippen LogP contribution in [0.5, 0.6) is 0 Å². The summed E-state index contributed by atoms with van der Waals surface area (Å²) in [5, 5.41) is 3.20. The second-order valence-electron chi connectivity index (χ2n) is 12.5. The largest absolute Gasteiger partial charge is 0.352 e. The van der Waals surface area contributed by atoms with Gasteiger partial charge in [0, 0.05) is 19.0 Å². The first-order valence-electron chi connectivity index (χ1n) is 15.1. The molecule has 1 saturated heterocycles. The fraction of sp³-hybridized carbons (Fsp3) is 0.897. The van der Waals surface area contributed by atoms with Crippen molar-refractivity contribution in [2.24, 2.45) is 23.5 Å². The van der Waals surface area contributed by atoms with E-state index >= 15 is 0 Å². The minimum atomic E-state index is -0.243. The summed E-state index contributed by atoms with van der Waals surface area (Å²) in [5.41, 5.74) is 5.46. The molecule has 4 amide bonds. The Balaban J connectivity index is 1.30. The molecule has 0 aromatic carbocycles. The lowest BCUT2D eigenvalue weighted by Gasteiger charge is -2.58. The Morgan fingerprint density at radius 3 is 2.17 bits per heavy atom. The highest BCUT2D eigenvalue weighted by molar-refractivity contribution is 6.03. The Morgan fingerprint density at radius 1 is 0.944 bits per heavy atom. The van der Waals surface area contributed by atoms with E-state index in [0.29, 0.717) is 37.3 Å². The van der Waals surface area contributed by atoms with E-state index in [0.717, 1.165) is 51.4 Å². The van der Waals surface area contributed by atoms with Crippen LogP contribution in [-0.4, -0.2) is 58.9 Å². The van der Waals surface area contributed by atoms with E-state index < -0.39 is 0 Å². The van der Waals surface area contributed by atoms with Crippen LogP contribution < -0.4 is 11.1 Å². The Hall–Kier alpha value is -1.63. The fourth-order valence-electron chi connectivity index (χ4n) is 8.05. The van der Waals surface area contributed by atoms with Gasteiger partial charge in [-0.2, -0.15) is 0 Å². The number of hydrogen-bond donors (Lipinski definition) is 2. The summed E-state index contributed by atoms with van der Waals surface area (Å²) in [6, 6.07) is -0.242. The molecule has 1 heterocycles. The first kappa shape index (κ1) is 27.4. The van der Waals surface area contributed by atoms with E-state index in [1.807, 2.05) is 0 Å². The number of carbonyl (C=O) groups is 3. The smallest absolute Gasteiger partial charge is 0.327 e. The van der Waals surface area contributed by atoms with Crippen molar-refractivity contribution in [2.75, 3.05) is 19.6 Å². The first-order chi connectivity index (χ1) is 17.4. The molecule has 1 atom stereocenters. The average Bonchev–Trinajstić information content (AvgIpc) is 3.10. The summed E-state index contributed by atoms with van der Waals surface area (Å²) in [6.07, 6.45) is 18.3. The normalized spacial score (nSPS) is 29.9. The predicted molar refractivity (Wildman–Crippen MR) is 142 cm³/mol. The highest BCUT2D eigenvalue weighted by atomic mass is 16.2. The van der Waals surface area contributed by atoms with E-state index in [9.17, 15) is 14.4 Å². The molecule has 0 aromatic heterocycles. The molecule has 7 heteroatoms. The van der Waals surface area contributed by atoms with Crippen LogP contribution in [0.25, 0.3) is 0 Å². The van der Waals surface area contributed by atoms with Crippen molar-refractivity contribution in [2.45, 2.75) is 128 Å². The van der Waals surface area contributed by atoms with Gasteiger partial charge in [-0.25, -0.2) is 4.79 Å². The third kappa shape index (κ3) is 6.62. The Labute approximate surface area is 218 Å². The van der Waals surface area contributed by atoms with Crippen molar-refractivity contribution in [3.8, 4) is 0 Å². The van der Waals surface area contributed by atoms with Crippen molar-refractivity contribution in [1.29, 1.82) is 0 Å². The molecule has 0 radical (unpaired) electrons. The van der Waals surface area contributed by atoms with Gasteiger partial charge in [-0.05, 0) is 82.1 Å². The van der Waals surface area contributed by atoms with Crippen LogP contribution in [0.3, 0.4) is 0 Å². The van der Waals surface area contributed by atoms with Crippen molar-refractivity contribution in [3.05, 3.63) is 0 Å². The molecule has 4 aliphatic carbocycles. The zero-order valence-corrected chi connectivity index (χ0v) is 22.6. The number of nitrogens with zero attached hydrogens (tertiary/aromatic N) is 2. The van der Waals surface area contributed by atoms with Crippen molar-refractivity contribution in [3.63, 3.8) is 0 Å². The third-order valence-electron chi connectivity index (χ3n) is 9.34. The number of hydrogen-bond acceptors (Lipinski definition) is 4. The van der Waals surface area contributed by atoms with Gasteiger partial charge in [0.05, 0.1) is 5.54 Å². The van der Waals surface area contributed by atoms with E-state index in [2.05, 4.69) is 12.2 Å². The lowest BCUT2D eigenvalue weighted by molar-refractivity contribution is -0.138. The maximum Gasteiger partial charge on any atom is 0.327 e. The van der Waals surface area contributed by atoms with Gasteiger partial charge in [0.25, 0.3) is 5.91 Å². The van der Waals surface area contributed by atoms with Gasteiger partial charge in [-0.3, -0.25) is 14.5 Å². The number of amides is 4. The molecule has 4 bridgehead atoms. The quantitative estimate of drug-likeness (QED) is 0.230. The molecular weight excluding hydrogens is 452 g/mol. The number of imide groups is 1. The molecule has 4 saturated carbocycles. The molecular formula is C29H50N4O3. The van der Waals surface area contributed by atoms with Gasteiger partial charge in [0.1, 0.15) is 6.54 Å². The average molecular weight is 503 g/mol. The Morgan fingerprint density at radius 2 is 1.56 bits per heavy atom. The molecule has 204 valence electrons. The number of urea groups is 1. The summed E-state index contributed by atoms with van der Waals surface area (Å²) in [4.78, 5) is 42.9. The maximum absolute atomic E-state index is 13.6. The van der Waals surface area contributed by atoms with Crippen LogP contribution >= 0.6 is 0 Å². The van der Waals surface area contributed by atoms with Crippen LogP contribution in [0.4, 0.5) is 4.79 Å². The summed E-state index contributed by atoms with van der Waals surface area (Å²) >= 11 is 0. The van der Waals surface area contributed by atoms with Crippen LogP contribution in [0, 0.1) is 17.8 Å². The summed E-state index contributed by atoms with van der Waals surface area (Å²) in [6.45, 7) is 3.42. The molecule has 1 aliphatic heterocycles. The number of unbranched alkanes of at least 4 members (excludes halogenated alkanes) is 7. The molecule has 0 unspecified atom stereocenters. The monoisotopic (exact) mass is 502 g/mol. The van der Waals surface area contributed by atoms with Gasteiger partial charge in [-0.15, -0.1) is 0 Å². The van der Waals surface area contributed by atoms with Crippen molar-refractivity contribution < 1.29 is 14.4 Å². The van der Waals surface area contributed by atoms with Crippen LogP contribution in [0.2, 0.25) is 0 Å². The lowest BCUT2D eigenvalue weighted by Crippen LogP contribution is -2.62. The van der Waals surface area contributed by atoms with Crippen molar-refractivity contribution >= 4 is 17.8 Å². The lowest BCUT2D eigenvalue weighted by atomic mass is 9.52. The standard InChI is InChI=1S/C29H50N4O3/c1-2-3-4-5-6-7-8-12-26(34)31-25(11-9-10-13-30)20-32-21-27(35)33(28(32)36)29-17-22-14-23(18-29)16-24(15-22)19-29/h22-25H,2-21,30H2,1H3,(H,31,34)/t22?,23?,24?,25-,29?/m0/s1. The van der Waals surface area contributed by atoms with Crippen molar-refractivity contribution in [1.82, 2.24) is 15.1 Å². The molecule has 5 aliphatic rings. The minimum Gasteiger partial charge on any atom is -0.352 e. The summed E-state index contributed by atoms with van der Waals surface area (Å²) in [5.74, 6) is 2.08. The topological polar surface area (TPSA) is 95.7 Å². The van der Waals surface area contributed by atoms with Gasteiger partial charge < -0.3 is 16.0 Å². The highest BCUT2D eigenvalue weighted by Gasteiger charge is 2.58. The summed E-state index contributed by atoms with van der Waals surface area (Å²) < 4.78 is 0. The summed E-state index contributed by atoms with van der Waals surface area (Å²) in [7, 11) is 0. The number of nitrogens with two attached hydrogens (primary N) is 1. The van der Waals surface area contributed by atoms with Gasteiger partial charge >= 0.3 is 6.03 Å². The fourth-order valence-corrected chi connectivity index (χ4v) is 8.05. The van der Waals surface area contributed by atoms with Crippen LogP contribution in [0.1, 0.15) is 116 Å². The zero-order valence-electron chi connectivity index (χ0n) is 22.6. The zero-order chi connectivity index (χ0) is 25.5. The van der Waals surface area contributed by atoms with Crippen LogP contribution in [-0.2, 0) is 9.59 Å². The number of nitrogens with one attached hydrogen (secondary N) is 1. The van der Waals surface area contributed by atoms with E-state index in [-0.39, 0.29) is 36.0 Å². The molecule has 5 rings (SSSR count). The van der Waals surface area contributed by atoms with E-state index in [1.54, 1.807) is 9.80 Å². The number of rotatable bonds is 16. The molecule has 0 aromatic rings. The first-order valence-corrected chi connectivity index (χ1v) is 15.1. The van der Waals surface area contributed by atoms with Gasteiger partial charge in [0.15, 0.2) is 0 Å². The Kier molecular flexibility index (Phi) is 9.71. The SMILES string of the molecule is CCCCCCCCCC(=O)N[C@@H](CCCCN)CN1CC(=O)N(C23CC4CC(CC(C4)C2)C3)C1=O. The third-order valence-corrected chi connectivity index (χ3v) is 9.34. The highest BCUT2D eigenvalue weighted by Crippen LogP contribution is 2.58. The van der Waals surface area contributed by atoms with Gasteiger partial charge in [-0.1, -0.05) is 51.9 Å². The molecule has 7 nitrogen and oxygen atoms in total.